The third-order valence-corrected chi connectivity index (χ3v) is 4.24. The molecule has 1 saturated carbocycles. The van der Waals surface area contributed by atoms with Crippen LogP contribution < -0.4 is 5.32 Å². The SMILES string of the molecule is CN(CC1CCCN1)C(=O)C1CCCCCC1. The van der Waals surface area contributed by atoms with Gasteiger partial charge in [0.15, 0.2) is 0 Å². The van der Waals surface area contributed by atoms with Gasteiger partial charge in [-0.25, -0.2) is 0 Å². The highest BCUT2D eigenvalue weighted by Gasteiger charge is 2.25. The molecule has 1 N–H and O–H groups in total. The van der Waals surface area contributed by atoms with E-state index in [1.54, 1.807) is 0 Å². The molecule has 1 saturated heterocycles. The standard InChI is InChI=1S/C14H26N2O/c1-16(11-13-9-6-10-15-13)14(17)12-7-4-2-3-5-8-12/h12-13,15H,2-11H2,1H3. The first-order valence-electron chi connectivity index (χ1n) is 7.26. The van der Waals surface area contributed by atoms with E-state index < -0.39 is 0 Å². The monoisotopic (exact) mass is 238 g/mol. The van der Waals surface area contributed by atoms with Crippen molar-refractivity contribution < 1.29 is 4.79 Å². The lowest BCUT2D eigenvalue weighted by Gasteiger charge is -2.25. The van der Waals surface area contributed by atoms with Gasteiger partial charge >= 0.3 is 0 Å². The summed E-state index contributed by atoms with van der Waals surface area (Å²) < 4.78 is 0. The Bertz CT molecular complexity index is 241. The van der Waals surface area contributed by atoms with Crippen LogP contribution >= 0.6 is 0 Å². The second-order valence-corrected chi connectivity index (χ2v) is 5.70. The summed E-state index contributed by atoms with van der Waals surface area (Å²) in [6, 6.07) is 0.537. The van der Waals surface area contributed by atoms with Gasteiger partial charge < -0.3 is 10.2 Å². The molecule has 0 aromatic heterocycles. The van der Waals surface area contributed by atoms with Crippen LogP contribution in [-0.4, -0.2) is 37.0 Å². The lowest BCUT2D eigenvalue weighted by Crippen LogP contribution is -2.41. The highest BCUT2D eigenvalue weighted by atomic mass is 16.2. The van der Waals surface area contributed by atoms with Crippen molar-refractivity contribution in [2.24, 2.45) is 5.92 Å². The topological polar surface area (TPSA) is 32.3 Å². The Kier molecular flexibility index (Phi) is 4.84. The summed E-state index contributed by atoms with van der Waals surface area (Å²) in [6.45, 7) is 2.02. The first-order valence-corrected chi connectivity index (χ1v) is 7.26. The molecule has 0 spiro atoms. The van der Waals surface area contributed by atoms with Crippen LogP contribution in [0.4, 0.5) is 0 Å². The Morgan fingerprint density at radius 2 is 1.82 bits per heavy atom. The molecule has 1 aliphatic carbocycles. The van der Waals surface area contributed by atoms with Gasteiger partial charge in [0.25, 0.3) is 0 Å². The fourth-order valence-electron chi connectivity index (χ4n) is 3.17. The molecule has 98 valence electrons. The highest BCUT2D eigenvalue weighted by molar-refractivity contribution is 5.78. The largest absolute Gasteiger partial charge is 0.344 e. The average molecular weight is 238 g/mol. The molecule has 1 amide bonds. The molecule has 2 rings (SSSR count). The van der Waals surface area contributed by atoms with Gasteiger partial charge in [0, 0.05) is 25.6 Å². The maximum absolute atomic E-state index is 12.3. The summed E-state index contributed by atoms with van der Waals surface area (Å²) in [6.07, 6.45) is 9.83. The van der Waals surface area contributed by atoms with Crippen molar-refractivity contribution in [2.45, 2.75) is 57.4 Å². The maximum Gasteiger partial charge on any atom is 0.225 e. The van der Waals surface area contributed by atoms with E-state index in [1.807, 2.05) is 11.9 Å². The van der Waals surface area contributed by atoms with Gasteiger partial charge in [0.1, 0.15) is 0 Å². The van der Waals surface area contributed by atoms with Gasteiger partial charge in [-0.2, -0.15) is 0 Å². The number of nitrogens with one attached hydrogen (secondary N) is 1. The summed E-state index contributed by atoms with van der Waals surface area (Å²) in [5, 5.41) is 3.46. The Morgan fingerprint density at radius 3 is 2.41 bits per heavy atom. The van der Waals surface area contributed by atoms with E-state index in [-0.39, 0.29) is 0 Å². The van der Waals surface area contributed by atoms with E-state index in [2.05, 4.69) is 5.32 Å². The van der Waals surface area contributed by atoms with Gasteiger partial charge in [-0.3, -0.25) is 4.79 Å². The van der Waals surface area contributed by atoms with E-state index in [1.165, 1.54) is 38.5 Å². The molecular weight excluding hydrogens is 212 g/mol. The second-order valence-electron chi connectivity index (χ2n) is 5.70. The number of nitrogens with zero attached hydrogens (tertiary/aromatic N) is 1. The van der Waals surface area contributed by atoms with Crippen molar-refractivity contribution in [3.05, 3.63) is 0 Å². The van der Waals surface area contributed by atoms with Crippen LogP contribution in [0.3, 0.4) is 0 Å². The minimum Gasteiger partial charge on any atom is -0.344 e. The van der Waals surface area contributed by atoms with Crippen LogP contribution in [0, 0.1) is 5.92 Å². The molecule has 0 radical (unpaired) electrons. The fraction of sp³-hybridized carbons (Fsp3) is 0.929. The van der Waals surface area contributed by atoms with Crippen LogP contribution in [0.5, 0.6) is 0 Å². The van der Waals surface area contributed by atoms with Crippen molar-refractivity contribution in [1.82, 2.24) is 10.2 Å². The molecule has 2 fully saturated rings. The van der Waals surface area contributed by atoms with Crippen LogP contribution in [0.15, 0.2) is 0 Å². The van der Waals surface area contributed by atoms with E-state index in [9.17, 15) is 4.79 Å². The van der Waals surface area contributed by atoms with E-state index in [4.69, 9.17) is 0 Å². The summed E-state index contributed by atoms with van der Waals surface area (Å²) in [7, 11) is 1.98. The lowest BCUT2D eigenvalue weighted by atomic mass is 9.98. The number of rotatable bonds is 3. The predicted octanol–water partition coefficient (Wildman–Crippen LogP) is 2.17. The Morgan fingerprint density at radius 1 is 1.12 bits per heavy atom. The second kappa shape index (κ2) is 6.39. The van der Waals surface area contributed by atoms with Crippen molar-refractivity contribution in [2.75, 3.05) is 20.1 Å². The van der Waals surface area contributed by atoms with Crippen molar-refractivity contribution in [3.63, 3.8) is 0 Å². The summed E-state index contributed by atoms with van der Waals surface area (Å²) in [5.74, 6) is 0.699. The summed E-state index contributed by atoms with van der Waals surface area (Å²) >= 11 is 0. The zero-order chi connectivity index (χ0) is 12.1. The van der Waals surface area contributed by atoms with Gasteiger partial charge in [0.05, 0.1) is 0 Å². The van der Waals surface area contributed by atoms with Gasteiger partial charge in [-0.1, -0.05) is 25.7 Å². The number of carbonyl (C=O) groups is 1. The Balaban J connectivity index is 1.80. The maximum atomic E-state index is 12.3. The highest BCUT2D eigenvalue weighted by Crippen LogP contribution is 2.24. The van der Waals surface area contributed by atoms with Gasteiger partial charge in [0.2, 0.25) is 5.91 Å². The molecule has 17 heavy (non-hydrogen) atoms. The quantitative estimate of drug-likeness (QED) is 0.764. The molecule has 1 aliphatic heterocycles. The zero-order valence-corrected chi connectivity index (χ0v) is 11.1. The Hall–Kier alpha value is -0.570. The number of carbonyl (C=O) groups excluding carboxylic acids is 1. The molecule has 0 aromatic rings. The average Bonchev–Trinajstić information content (AvgIpc) is 2.68. The molecule has 0 bridgehead atoms. The number of amides is 1. The number of hydrogen-bond acceptors (Lipinski definition) is 2. The number of likely N-dealkylation sites (N-methyl/N-ethyl adjacent to an activating group) is 1. The van der Waals surface area contributed by atoms with Crippen LogP contribution in [0.25, 0.3) is 0 Å². The van der Waals surface area contributed by atoms with Crippen molar-refractivity contribution >= 4 is 5.91 Å². The minimum atomic E-state index is 0.309. The lowest BCUT2D eigenvalue weighted by molar-refractivity contribution is -0.134. The van der Waals surface area contributed by atoms with Crippen molar-refractivity contribution in [1.29, 1.82) is 0 Å². The Labute approximate surface area is 105 Å². The predicted molar refractivity (Wildman–Crippen MR) is 69.9 cm³/mol. The first kappa shape index (κ1) is 12.9. The number of hydrogen-bond donors (Lipinski definition) is 1. The van der Waals surface area contributed by atoms with Crippen LogP contribution in [0.2, 0.25) is 0 Å². The molecule has 0 aromatic carbocycles. The third-order valence-electron chi connectivity index (χ3n) is 4.24. The van der Waals surface area contributed by atoms with E-state index in [0.29, 0.717) is 17.9 Å². The molecule has 1 atom stereocenters. The minimum absolute atomic E-state index is 0.309. The van der Waals surface area contributed by atoms with Gasteiger partial charge in [-0.15, -0.1) is 0 Å². The summed E-state index contributed by atoms with van der Waals surface area (Å²) in [5.41, 5.74) is 0. The molecule has 1 heterocycles. The molecule has 3 heteroatoms. The summed E-state index contributed by atoms with van der Waals surface area (Å²) in [4.78, 5) is 14.3. The molecule has 3 nitrogen and oxygen atoms in total. The molecule has 2 aliphatic rings. The van der Waals surface area contributed by atoms with Crippen LogP contribution in [0.1, 0.15) is 51.4 Å². The third kappa shape index (κ3) is 3.70. The fourth-order valence-corrected chi connectivity index (χ4v) is 3.17. The first-order chi connectivity index (χ1) is 8.27. The van der Waals surface area contributed by atoms with Crippen molar-refractivity contribution in [3.8, 4) is 0 Å². The van der Waals surface area contributed by atoms with E-state index in [0.717, 1.165) is 25.9 Å². The van der Waals surface area contributed by atoms with Crippen LogP contribution in [-0.2, 0) is 4.79 Å². The molecule has 1 unspecified atom stereocenters. The zero-order valence-electron chi connectivity index (χ0n) is 11.1. The molecular formula is C14H26N2O. The van der Waals surface area contributed by atoms with Gasteiger partial charge in [-0.05, 0) is 32.2 Å². The van der Waals surface area contributed by atoms with E-state index >= 15 is 0 Å². The smallest absolute Gasteiger partial charge is 0.225 e. The normalized spacial score (nSPS) is 26.8.